The SMILES string of the molecule is CC(C)(CC(=O)O)CC(=O)NCc1ccccc1Br. The fourth-order valence-corrected chi connectivity index (χ4v) is 2.23. The molecule has 0 saturated heterocycles. The van der Waals surface area contributed by atoms with E-state index < -0.39 is 11.4 Å². The van der Waals surface area contributed by atoms with Crippen molar-refractivity contribution in [2.24, 2.45) is 5.41 Å². The van der Waals surface area contributed by atoms with Gasteiger partial charge in [-0.25, -0.2) is 0 Å². The maximum Gasteiger partial charge on any atom is 0.303 e. The van der Waals surface area contributed by atoms with Crippen LogP contribution in [0.5, 0.6) is 0 Å². The number of halogens is 1. The van der Waals surface area contributed by atoms with Gasteiger partial charge in [0.05, 0.1) is 6.42 Å². The fraction of sp³-hybridized carbons (Fsp3) is 0.429. The number of carboxylic acids is 1. The molecule has 1 aromatic carbocycles. The van der Waals surface area contributed by atoms with Crippen molar-refractivity contribution >= 4 is 27.8 Å². The number of benzene rings is 1. The third kappa shape index (κ3) is 5.87. The Labute approximate surface area is 121 Å². The first kappa shape index (κ1) is 15.7. The third-order valence-electron chi connectivity index (χ3n) is 2.70. The molecule has 0 unspecified atom stereocenters. The second kappa shape index (κ2) is 6.70. The molecular formula is C14H18BrNO3. The topological polar surface area (TPSA) is 66.4 Å². The van der Waals surface area contributed by atoms with Crippen molar-refractivity contribution < 1.29 is 14.7 Å². The Balaban J connectivity index is 2.48. The number of carbonyl (C=O) groups is 2. The van der Waals surface area contributed by atoms with E-state index in [4.69, 9.17) is 5.11 Å². The average molecular weight is 328 g/mol. The molecule has 0 atom stereocenters. The van der Waals surface area contributed by atoms with E-state index in [1.54, 1.807) is 13.8 Å². The monoisotopic (exact) mass is 327 g/mol. The van der Waals surface area contributed by atoms with Crippen LogP contribution in [0, 0.1) is 5.41 Å². The number of hydrogen-bond acceptors (Lipinski definition) is 2. The van der Waals surface area contributed by atoms with Gasteiger partial charge in [0.15, 0.2) is 0 Å². The van der Waals surface area contributed by atoms with Crippen LogP contribution < -0.4 is 5.32 Å². The van der Waals surface area contributed by atoms with Gasteiger partial charge in [0.2, 0.25) is 5.91 Å². The van der Waals surface area contributed by atoms with Crippen LogP contribution in [0.15, 0.2) is 28.7 Å². The van der Waals surface area contributed by atoms with Gasteiger partial charge in [-0.1, -0.05) is 48.0 Å². The molecule has 0 aliphatic rings. The zero-order chi connectivity index (χ0) is 14.5. The first-order valence-electron chi connectivity index (χ1n) is 6.02. The van der Waals surface area contributed by atoms with E-state index in [1.165, 1.54) is 0 Å². The fourth-order valence-electron chi connectivity index (χ4n) is 1.80. The Morgan fingerprint density at radius 3 is 2.47 bits per heavy atom. The first-order chi connectivity index (χ1) is 8.80. The highest BCUT2D eigenvalue weighted by Crippen LogP contribution is 2.25. The highest BCUT2D eigenvalue weighted by Gasteiger charge is 2.25. The second-order valence-corrected chi connectivity index (χ2v) is 6.13. The Bertz CT molecular complexity index is 472. The molecule has 0 fully saturated rings. The Morgan fingerprint density at radius 2 is 1.89 bits per heavy atom. The summed E-state index contributed by atoms with van der Waals surface area (Å²) in [5.74, 6) is -1.02. The second-order valence-electron chi connectivity index (χ2n) is 5.28. The molecule has 0 bridgehead atoms. The summed E-state index contributed by atoms with van der Waals surface area (Å²) >= 11 is 3.41. The van der Waals surface area contributed by atoms with Gasteiger partial charge in [0, 0.05) is 17.4 Å². The van der Waals surface area contributed by atoms with E-state index in [0.717, 1.165) is 10.0 Å². The van der Waals surface area contributed by atoms with Gasteiger partial charge in [-0.05, 0) is 17.0 Å². The Morgan fingerprint density at radius 1 is 1.26 bits per heavy atom. The van der Waals surface area contributed by atoms with Crippen molar-refractivity contribution in [3.63, 3.8) is 0 Å². The van der Waals surface area contributed by atoms with Crippen LogP contribution >= 0.6 is 15.9 Å². The molecule has 0 saturated carbocycles. The van der Waals surface area contributed by atoms with Crippen LogP contribution in [0.1, 0.15) is 32.3 Å². The molecule has 5 heteroatoms. The number of carbonyl (C=O) groups excluding carboxylic acids is 1. The molecule has 0 aromatic heterocycles. The quantitative estimate of drug-likeness (QED) is 0.844. The first-order valence-corrected chi connectivity index (χ1v) is 6.81. The average Bonchev–Trinajstić information content (AvgIpc) is 2.25. The molecule has 19 heavy (non-hydrogen) atoms. The minimum absolute atomic E-state index is 0.0184. The molecule has 1 aromatic rings. The summed E-state index contributed by atoms with van der Waals surface area (Å²) in [5, 5.41) is 11.6. The van der Waals surface area contributed by atoms with Gasteiger partial charge in [-0.3, -0.25) is 9.59 Å². The van der Waals surface area contributed by atoms with Gasteiger partial charge in [0.25, 0.3) is 0 Å². The van der Waals surface area contributed by atoms with Crippen molar-refractivity contribution in [2.45, 2.75) is 33.2 Å². The molecule has 1 amide bonds. The van der Waals surface area contributed by atoms with Crippen LogP contribution in [0.25, 0.3) is 0 Å². The molecule has 1 rings (SSSR count). The molecule has 0 aliphatic heterocycles. The molecule has 0 heterocycles. The van der Waals surface area contributed by atoms with Crippen molar-refractivity contribution in [3.05, 3.63) is 34.3 Å². The van der Waals surface area contributed by atoms with Gasteiger partial charge >= 0.3 is 5.97 Å². The van der Waals surface area contributed by atoms with E-state index in [9.17, 15) is 9.59 Å². The maximum atomic E-state index is 11.8. The van der Waals surface area contributed by atoms with Crippen LogP contribution in [-0.4, -0.2) is 17.0 Å². The molecule has 0 spiro atoms. The molecule has 0 aliphatic carbocycles. The third-order valence-corrected chi connectivity index (χ3v) is 3.48. The lowest BCUT2D eigenvalue weighted by Gasteiger charge is -2.21. The van der Waals surface area contributed by atoms with Crippen molar-refractivity contribution in [2.75, 3.05) is 0 Å². The lowest BCUT2D eigenvalue weighted by Crippen LogP contribution is -2.29. The Kier molecular flexibility index (Phi) is 5.54. The van der Waals surface area contributed by atoms with Crippen LogP contribution in [0.4, 0.5) is 0 Å². The summed E-state index contributed by atoms with van der Waals surface area (Å²) in [6.07, 6.45) is 0.180. The van der Waals surface area contributed by atoms with Crippen LogP contribution in [0.3, 0.4) is 0 Å². The summed E-state index contributed by atoms with van der Waals surface area (Å²) in [6.45, 7) is 3.99. The highest BCUT2D eigenvalue weighted by molar-refractivity contribution is 9.10. The largest absolute Gasteiger partial charge is 0.481 e. The van der Waals surface area contributed by atoms with Gasteiger partial charge < -0.3 is 10.4 Å². The summed E-state index contributed by atoms with van der Waals surface area (Å²) in [7, 11) is 0. The normalized spacial score (nSPS) is 11.1. The van der Waals surface area contributed by atoms with Crippen LogP contribution in [-0.2, 0) is 16.1 Å². The molecule has 0 radical (unpaired) electrons. The molecule has 104 valence electrons. The molecular weight excluding hydrogens is 310 g/mol. The number of nitrogens with one attached hydrogen (secondary N) is 1. The number of hydrogen-bond donors (Lipinski definition) is 2. The summed E-state index contributed by atoms with van der Waals surface area (Å²) < 4.78 is 0.945. The standard InChI is InChI=1S/C14H18BrNO3/c1-14(2,8-13(18)19)7-12(17)16-9-10-5-3-4-6-11(10)15/h3-6H,7-9H2,1-2H3,(H,16,17)(H,18,19). The Hall–Kier alpha value is -1.36. The van der Waals surface area contributed by atoms with Gasteiger partial charge in [0.1, 0.15) is 0 Å². The minimum atomic E-state index is -0.886. The highest BCUT2D eigenvalue weighted by atomic mass is 79.9. The van der Waals surface area contributed by atoms with Crippen molar-refractivity contribution in [3.8, 4) is 0 Å². The lowest BCUT2D eigenvalue weighted by molar-refractivity contribution is -0.139. The number of amides is 1. The minimum Gasteiger partial charge on any atom is -0.481 e. The van der Waals surface area contributed by atoms with Gasteiger partial charge in [-0.2, -0.15) is 0 Å². The zero-order valence-electron chi connectivity index (χ0n) is 11.1. The van der Waals surface area contributed by atoms with E-state index in [2.05, 4.69) is 21.2 Å². The van der Waals surface area contributed by atoms with E-state index >= 15 is 0 Å². The summed E-state index contributed by atoms with van der Waals surface area (Å²) in [5.41, 5.74) is 0.455. The smallest absolute Gasteiger partial charge is 0.303 e. The van der Waals surface area contributed by atoms with Crippen molar-refractivity contribution in [1.29, 1.82) is 0 Å². The number of aliphatic carboxylic acids is 1. The van der Waals surface area contributed by atoms with E-state index in [1.807, 2.05) is 24.3 Å². The van der Waals surface area contributed by atoms with Crippen molar-refractivity contribution in [1.82, 2.24) is 5.32 Å². The maximum absolute atomic E-state index is 11.8. The number of carboxylic acid groups (broad SMARTS) is 1. The van der Waals surface area contributed by atoms with E-state index in [0.29, 0.717) is 6.54 Å². The zero-order valence-corrected chi connectivity index (χ0v) is 12.7. The lowest BCUT2D eigenvalue weighted by atomic mass is 9.85. The number of rotatable bonds is 6. The molecule has 4 nitrogen and oxygen atoms in total. The summed E-state index contributed by atoms with van der Waals surface area (Å²) in [4.78, 5) is 22.5. The molecule has 2 N–H and O–H groups in total. The van der Waals surface area contributed by atoms with E-state index in [-0.39, 0.29) is 18.7 Å². The summed E-state index contributed by atoms with van der Waals surface area (Å²) in [6, 6.07) is 7.65. The predicted molar refractivity (Wildman–Crippen MR) is 76.6 cm³/mol. The van der Waals surface area contributed by atoms with Crippen LogP contribution in [0.2, 0.25) is 0 Å². The van der Waals surface area contributed by atoms with Gasteiger partial charge in [-0.15, -0.1) is 0 Å². The predicted octanol–water partition coefficient (Wildman–Crippen LogP) is 2.96.